The summed E-state index contributed by atoms with van der Waals surface area (Å²) in [6.07, 6.45) is 0. The number of phenolic OH excluding ortho intramolecular Hbond substituents is 1. The van der Waals surface area contributed by atoms with Crippen LogP contribution >= 0.6 is 11.3 Å². The van der Waals surface area contributed by atoms with Crippen molar-refractivity contribution in [2.24, 2.45) is 0 Å². The van der Waals surface area contributed by atoms with E-state index in [4.69, 9.17) is 0 Å². The number of phenols is 1. The molecule has 0 spiro atoms. The summed E-state index contributed by atoms with van der Waals surface area (Å²) in [6.45, 7) is 4.30. The SMILES string of the molecule is Cc1ccc(C(=O)N(C)Cc2scnc2C)c(O)c1. The van der Waals surface area contributed by atoms with Gasteiger partial charge < -0.3 is 10.0 Å². The molecule has 1 amide bonds. The second kappa shape index (κ2) is 5.40. The Morgan fingerprint density at radius 1 is 1.42 bits per heavy atom. The lowest BCUT2D eigenvalue weighted by molar-refractivity contribution is 0.0783. The first-order valence-electron chi connectivity index (χ1n) is 5.93. The number of hydrogen-bond donors (Lipinski definition) is 1. The van der Waals surface area contributed by atoms with Crippen molar-refractivity contribution in [2.75, 3.05) is 7.05 Å². The average Bonchev–Trinajstić information content (AvgIpc) is 2.74. The van der Waals surface area contributed by atoms with Gasteiger partial charge in [-0.2, -0.15) is 0 Å². The lowest BCUT2D eigenvalue weighted by Gasteiger charge is -2.17. The van der Waals surface area contributed by atoms with E-state index in [0.29, 0.717) is 12.1 Å². The fourth-order valence-corrected chi connectivity index (χ4v) is 2.62. The maximum atomic E-state index is 12.3. The standard InChI is InChI=1S/C14H16N2O2S/c1-9-4-5-11(12(17)6-9)14(18)16(3)7-13-10(2)15-8-19-13/h4-6,8,17H,7H2,1-3H3. The van der Waals surface area contributed by atoms with Gasteiger partial charge in [-0.1, -0.05) is 6.07 Å². The van der Waals surface area contributed by atoms with Crippen LogP contribution in [0.25, 0.3) is 0 Å². The highest BCUT2D eigenvalue weighted by Crippen LogP contribution is 2.21. The first-order chi connectivity index (χ1) is 8.99. The number of thiazole rings is 1. The molecule has 0 atom stereocenters. The largest absolute Gasteiger partial charge is 0.507 e. The van der Waals surface area contributed by atoms with Gasteiger partial charge in [0.05, 0.1) is 23.3 Å². The van der Waals surface area contributed by atoms with Crippen molar-refractivity contribution in [3.63, 3.8) is 0 Å². The molecule has 100 valence electrons. The topological polar surface area (TPSA) is 53.4 Å². The van der Waals surface area contributed by atoms with Gasteiger partial charge >= 0.3 is 0 Å². The second-order valence-electron chi connectivity index (χ2n) is 4.54. The number of aromatic nitrogens is 1. The normalized spacial score (nSPS) is 10.5. The van der Waals surface area contributed by atoms with Crippen molar-refractivity contribution in [3.8, 4) is 5.75 Å². The number of rotatable bonds is 3. The molecule has 0 fully saturated rings. The lowest BCUT2D eigenvalue weighted by Crippen LogP contribution is -2.26. The van der Waals surface area contributed by atoms with Gasteiger partial charge in [-0.15, -0.1) is 11.3 Å². The van der Waals surface area contributed by atoms with Gasteiger partial charge in [0.2, 0.25) is 0 Å². The highest BCUT2D eigenvalue weighted by Gasteiger charge is 2.17. The molecule has 1 heterocycles. The van der Waals surface area contributed by atoms with Crippen LogP contribution in [0.5, 0.6) is 5.75 Å². The lowest BCUT2D eigenvalue weighted by atomic mass is 10.1. The van der Waals surface area contributed by atoms with Crippen LogP contribution in [0.2, 0.25) is 0 Å². The molecule has 1 N–H and O–H groups in total. The van der Waals surface area contributed by atoms with Crippen molar-refractivity contribution in [2.45, 2.75) is 20.4 Å². The predicted octanol–water partition coefficient (Wildman–Crippen LogP) is 2.74. The summed E-state index contributed by atoms with van der Waals surface area (Å²) in [6, 6.07) is 5.07. The van der Waals surface area contributed by atoms with Crippen molar-refractivity contribution < 1.29 is 9.90 Å². The van der Waals surface area contributed by atoms with E-state index in [1.807, 2.05) is 19.9 Å². The molecule has 0 bridgehead atoms. The van der Waals surface area contributed by atoms with Crippen LogP contribution in [0.15, 0.2) is 23.7 Å². The number of benzene rings is 1. The molecule has 2 rings (SSSR count). The van der Waals surface area contributed by atoms with Crippen molar-refractivity contribution in [1.29, 1.82) is 0 Å². The van der Waals surface area contributed by atoms with Crippen LogP contribution in [0.1, 0.15) is 26.5 Å². The molecule has 1 aromatic heterocycles. The maximum absolute atomic E-state index is 12.3. The highest BCUT2D eigenvalue weighted by molar-refractivity contribution is 7.09. The summed E-state index contributed by atoms with van der Waals surface area (Å²) < 4.78 is 0. The number of amides is 1. The fraction of sp³-hybridized carbons (Fsp3) is 0.286. The van der Waals surface area contributed by atoms with Crippen molar-refractivity contribution in [3.05, 3.63) is 45.4 Å². The molecular weight excluding hydrogens is 260 g/mol. The molecule has 0 radical (unpaired) electrons. The number of hydrogen-bond acceptors (Lipinski definition) is 4. The molecule has 2 aromatic rings. The third-order valence-corrected chi connectivity index (χ3v) is 3.88. The van der Waals surface area contributed by atoms with Crippen LogP contribution in [0.3, 0.4) is 0 Å². The molecule has 0 aliphatic rings. The quantitative estimate of drug-likeness (QED) is 0.937. The van der Waals surface area contributed by atoms with E-state index in [1.54, 1.807) is 29.6 Å². The predicted molar refractivity (Wildman–Crippen MR) is 75.5 cm³/mol. The van der Waals surface area contributed by atoms with Crippen LogP contribution in [0, 0.1) is 13.8 Å². The first kappa shape index (κ1) is 13.5. The summed E-state index contributed by atoms with van der Waals surface area (Å²) in [5.41, 5.74) is 3.97. The summed E-state index contributed by atoms with van der Waals surface area (Å²) in [5, 5.41) is 9.83. The van der Waals surface area contributed by atoms with Gasteiger partial charge in [0.1, 0.15) is 5.75 Å². The Morgan fingerprint density at radius 2 is 2.16 bits per heavy atom. The number of aryl methyl sites for hydroxylation is 2. The van der Waals surface area contributed by atoms with E-state index < -0.39 is 0 Å². The molecule has 19 heavy (non-hydrogen) atoms. The Bertz CT molecular complexity index is 607. The number of aromatic hydroxyl groups is 1. The van der Waals surface area contributed by atoms with Crippen LogP contribution in [-0.4, -0.2) is 27.9 Å². The third-order valence-electron chi connectivity index (χ3n) is 2.96. The Kier molecular flexibility index (Phi) is 3.85. The van der Waals surface area contributed by atoms with E-state index in [2.05, 4.69) is 4.98 Å². The minimum absolute atomic E-state index is 0.0258. The van der Waals surface area contributed by atoms with E-state index in [0.717, 1.165) is 16.1 Å². The summed E-state index contributed by atoms with van der Waals surface area (Å²) in [7, 11) is 1.72. The average molecular weight is 276 g/mol. The van der Waals surface area contributed by atoms with E-state index >= 15 is 0 Å². The molecule has 0 aliphatic heterocycles. The van der Waals surface area contributed by atoms with Gasteiger partial charge in [-0.05, 0) is 31.5 Å². The van der Waals surface area contributed by atoms with Crippen LogP contribution in [0.4, 0.5) is 0 Å². The van der Waals surface area contributed by atoms with Crippen molar-refractivity contribution >= 4 is 17.2 Å². The Hall–Kier alpha value is -1.88. The fourth-order valence-electron chi connectivity index (χ4n) is 1.79. The van der Waals surface area contributed by atoms with Gasteiger partial charge in [0.25, 0.3) is 5.91 Å². The molecule has 0 saturated carbocycles. The molecule has 0 unspecified atom stereocenters. The Morgan fingerprint density at radius 3 is 2.74 bits per heavy atom. The summed E-state index contributed by atoms with van der Waals surface area (Å²) in [4.78, 5) is 19.1. The number of nitrogens with zero attached hydrogens (tertiary/aromatic N) is 2. The maximum Gasteiger partial charge on any atom is 0.257 e. The smallest absolute Gasteiger partial charge is 0.257 e. The molecule has 0 aliphatic carbocycles. The van der Waals surface area contributed by atoms with Crippen LogP contribution < -0.4 is 0 Å². The van der Waals surface area contributed by atoms with Crippen LogP contribution in [-0.2, 0) is 6.54 Å². The molecule has 0 saturated heterocycles. The zero-order valence-electron chi connectivity index (χ0n) is 11.2. The third kappa shape index (κ3) is 2.93. The van der Waals surface area contributed by atoms with E-state index in [1.165, 1.54) is 11.3 Å². The van der Waals surface area contributed by atoms with Gasteiger partial charge in [-0.3, -0.25) is 4.79 Å². The van der Waals surface area contributed by atoms with E-state index in [-0.39, 0.29) is 11.7 Å². The Labute approximate surface area is 116 Å². The van der Waals surface area contributed by atoms with Gasteiger partial charge in [0, 0.05) is 11.9 Å². The minimum atomic E-state index is -0.190. The van der Waals surface area contributed by atoms with Crippen molar-refractivity contribution in [1.82, 2.24) is 9.88 Å². The number of carbonyl (C=O) groups excluding carboxylic acids is 1. The zero-order chi connectivity index (χ0) is 14.0. The minimum Gasteiger partial charge on any atom is -0.507 e. The van der Waals surface area contributed by atoms with Gasteiger partial charge in [0.15, 0.2) is 0 Å². The molecule has 5 heteroatoms. The highest BCUT2D eigenvalue weighted by atomic mass is 32.1. The summed E-state index contributed by atoms with van der Waals surface area (Å²) in [5.74, 6) is -0.164. The first-order valence-corrected chi connectivity index (χ1v) is 6.81. The molecule has 4 nitrogen and oxygen atoms in total. The molecular formula is C14H16N2O2S. The second-order valence-corrected chi connectivity index (χ2v) is 5.48. The monoisotopic (exact) mass is 276 g/mol. The zero-order valence-corrected chi connectivity index (χ0v) is 12.0. The number of carbonyl (C=O) groups is 1. The van der Waals surface area contributed by atoms with E-state index in [9.17, 15) is 9.90 Å². The molecule has 1 aromatic carbocycles. The summed E-state index contributed by atoms with van der Waals surface area (Å²) >= 11 is 1.53. The van der Waals surface area contributed by atoms with Gasteiger partial charge in [-0.25, -0.2) is 4.98 Å². The Balaban J connectivity index is 2.17.